The first-order chi connectivity index (χ1) is 16.5. The summed E-state index contributed by atoms with van der Waals surface area (Å²) in [4.78, 5) is 20.1. The number of benzene rings is 3. The number of alkyl halides is 3. The summed E-state index contributed by atoms with van der Waals surface area (Å²) in [6.45, 7) is 1.68. The summed E-state index contributed by atoms with van der Waals surface area (Å²) in [6.07, 6.45) is -3.44. The van der Waals surface area contributed by atoms with Gasteiger partial charge < -0.3 is 9.55 Å². The Morgan fingerprint density at radius 2 is 1.69 bits per heavy atom. The molecule has 178 valence electrons. The number of para-hydroxylation sites is 1. The van der Waals surface area contributed by atoms with Gasteiger partial charge in [0, 0.05) is 35.3 Å². The maximum Gasteiger partial charge on any atom is 0.417 e. The molecule has 2 aromatic heterocycles. The molecule has 0 amide bonds. The number of aromatic amines is 1. The third-order valence-electron chi connectivity index (χ3n) is 6.05. The fraction of sp³-hybridized carbons (Fsp3) is 0.120. The lowest BCUT2D eigenvalue weighted by atomic mass is 9.95. The zero-order chi connectivity index (χ0) is 25.2. The fourth-order valence-electron chi connectivity index (χ4n) is 4.22. The third-order valence-corrected chi connectivity index (χ3v) is 6.05. The SMILES string of the molecule is Cc1nc2cc(-c3cccc4c(C(=O)c5cc(F)c(F)c(F)c5)c[nH]c34)c(C(F)(F)F)cc2n1C. The Balaban J connectivity index is 1.72. The minimum Gasteiger partial charge on any atom is -0.360 e. The molecule has 0 aliphatic rings. The number of nitrogens with zero attached hydrogens (tertiary/aromatic N) is 2. The van der Waals surface area contributed by atoms with E-state index in [9.17, 15) is 31.1 Å². The maximum absolute atomic E-state index is 14.1. The summed E-state index contributed by atoms with van der Waals surface area (Å²) < 4.78 is 84.4. The van der Waals surface area contributed by atoms with E-state index in [0.29, 0.717) is 29.0 Å². The standard InChI is InChI=1S/C25H15F6N3O/c1-11-33-20-8-15(17(25(29,30)31)9-21(20)34(11)2)13-4-3-5-14-16(10-32-23(13)14)24(35)12-6-18(26)22(28)19(27)7-12/h3-10,32H,1-2H3. The van der Waals surface area contributed by atoms with Gasteiger partial charge in [0.25, 0.3) is 0 Å². The van der Waals surface area contributed by atoms with Crippen LogP contribution < -0.4 is 0 Å². The first-order valence-electron chi connectivity index (χ1n) is 10.3. The van der Waals surface area contributed by atoms with Gasteiger partial charge in [-0.25, -0.2) is 18.2 Å². The predicted molar refractivity (Wildman–Crippen MR) is 117 cm³/mol. The van der Waals surface area contributed by atoms with Crippen molar-refractivity contribution in [2.45, 2.75) is 13.1 Å². The van der Waals surface area contributed by atoms with Crippen LogP contribution in [0.2, 0.25) is 0 Å². The number of carbonyl (C=O) groups is 1. The molecule has 0 unspecified atom stereocenters. The van der Waals surface area contributed by atoms with Gasteiger partial charge in [0.15, 0.2) is 23.2 Å². The van der Waals surface area contributed by atoms with Crippen molar-refractivity contribution in [3.63, 3.8) is 0 Å². The second-order valence-electron chi connectivity index (χ2n) is 8.12. The number of hydrogen-bond acceptors (Lipinski definition) is 2. The quantitative estimate of drug-likeness (QED) is 0.175. The maximum atomic E-state index is 14.1. The fourth-order valence-corrected chi connectivity index (χ4v) is 4.22. The highest BCUT2D eigenvalue weighted by atomic mass is 19.4. The molecular formula is C25H15F6N3O. The van der Waals surface area contributed by atoms with Crippen molar-refractivity contribution >= 4 is 27.7 Å². The largest absolute Gasteiger partial charge is 0.417 e. The molecule has 0 spiro atoms. The average Bonchev–Trinajstić information content (AvgIpc) is 3.35. The molecule has 4 nitrogen and oxygen atoms in total. The molecule has 5 rings (SSSR count). The lowest BCUT2D eigenvalue weighted by Crippen LogP contribution is -2.08. The van der Waals surface area contributed by atoms with Gasteiger partial charge in [-0.3, -0.25) is 4.79 Å². The molecule has 10 heteroatoms. The molecule has 35 heavy (non-hydrogen) atoms. The predicted octanol–water partition coefficient (Wildman–Crippen LogP) is 6.70. The molecule has 0 atom stereocenters. The number of aryl methyl sites for hydroxylation is 2. The van der Waals surface area contributed by atoms with Crippen LogP contribution in [0.5, 0.6) is 0 Å². The Labute approximate surface area is 193 Å². The number of ketones is 1. The number of nitrogens with one attached hydrogen (secondary N) is 1. The van der Waals surface area contributed by atoms with Gasteiger partial charge in [-0.05, 0) is 36.8 Å². The van der Waals surface area contributed by atoms with E-state index in [0.717, 1.165) is 6.07 Å². The van der Waals surface area contributed by atoms with Gasteiger partial charge in [0.1, 0.15) is 5.82 Å². The number of carbonyl (C=O) groups excluding carboxylic acids is 1. The van der Waals surface area contributed by atoms with Crippen molar-refractivity contribution in [2.24, 2.45) is 7.05 Å². The minimum absolute atomic E-state index is 0.0319. The number of aromatic nitrogens is 3. The van der Waals surface area contributed by atoms with Crippen LogP contribution in [0, 0.1) is 24.4 Å². The van der Waals surface area contributed by atoms with E-state index in [1.807, 2.05) is 0 Å². The van der Waals surface area contributed by atoms with Crippen LogP contribution in [0.4, 0.5) is 26.3 Å². The van der Waals surface area contributed by atoms with Crippen LogP contribution in [-0.2, 0) is 13.2 Å². The number of hydrogen-bond donors (Lipinski definition) is 1. The van der Waals surface area contributed by atoms with Crippen LogP contribution >= 0.6 is 0 Å². The molecule has 0 radical (unpaired) electrons. The highest BCUT2D eigenvalue weighted by molar-refractivity contribution is 6.18. The van der Waals surface area contributed by atoms with Crippen molar-refractivity contribution in [3.05, 3.63) is 88.6 Å². The van der Waals surface area contributed by atoms with Crippen LogP contribution in [-0.4, -0.2) is 20.3 Å². The first kappa shape index (κ1) is 22.7. The van der Waals surface area contributed by atoms with Crippen molar-refractivity contribution in [1.29, 1.82) is 0 Å². The van der Waals surface area contributed by atoms with E-state index < -0.39 is 40.5 Å². The molecule has 0 aliphatic carbocycles. The zero-order valence-corrected chi connectivity index (χ0v) is 18.2. The molecule has 0 fully saturated rings. The van der Waals surface area contributed by atoms with E-state index >= 15 is 0 Å². The Kier molecular flexibility index (Phi) is 5.01. The highest BCUT2D eigenvalue weighted by Crippen LogP contribution is 2.42. The zero-order valence-electron chi connectivity index (χ0n) is 18.2. The molecule has 0 bridgehead atoms. The van der Waals surface area contributed by atoms with E-state index in [1.165, 1.54) is 30.5 Å². The van der Waals surface area contributed by atoms with E-state index in [2.05, 4.69) is 9.97 Å². The average molecular weight is 487 g/mol. The lowest BCUT2D eigenvalue weighted by Gasteiger charge is -2.14. The van der Waals surface area contributed by atoms with Gasteiger partial charge in [0.05, 0.1) is 22.1 Å². The van der Waals surface area contributed by atoms with Gasteiger partial charge in [0.2, 0.25) is 0 Å². The molecule has 3 aromatic carbocycles. The highest BCUT2D eigenvalue weighted by Gasteiger charge is 2.35. The van der Waals surface area contributed by atoms with Crippen molar-refractivity contribution in [2.75, 3.05) is 0 Å². The van der Waals surface area contributed by atoms with Crippen molar-refractivity contribution in [1.82, 2.24) is 14.5 Å². The van der Waals surface area contributed by atoms with Gasteiger partial charge in [-0.15, -0.1) is 0 Å². The number of halogens is 6. The summed E-state index contributed by atoms with van der Waals surface area (Å²) in [5.74, 6) is -5.04. The molecule has 0 saturated carbocycles. The summed E-state index contributed by atoms with van der Waals surface area (Å²) in [5, 5.41) is 0.239. The second-order valence-corrected chi connectivity index (χ2v) is 8.12. The summed E-state index contributed by atoms with van der Waals surface area (Å²) in [7, 11) is 1.62. The lowest BCUT2D eigenvalue weighted by molar-refractivity contribution is -0.137. The molecule has 0 aliphatic heterocycles. The summed E-state index contributed by atoms with van der Waals surface area (Å²) in [6, 6.07) is 7.95. The Morgan fingerprint density at radius 3 is 2.34 bits per heavy atom. The summed E-state index contributed by atoms with van der Waals surface area (Å²) in [5.41, 5.74) is -0.436. The van der Waals surface area contributed by atoms with Crippen LogP contribution in [0.25, 0.3) is 33.1 Å². The number of imidazole rings is 1. The van der Waals surface area contributed by atoms with Crippen LogP contribution in [0.1, 0.15) is 27.3 Å². The Morgan fingerprint density at radius 1 is 1.00 bits per heavy atom. The Bertz CT molecular complexity index is 1640. The molecular weight excluding hydrogens is 472 g/mol. The van der Waals surface area contributed by atoms with E-state index in [4.69, 9.17) is 0 Å². The first-order valence-corrected chi connectivity index (χ1v) is 10.3. The normalized spacial score (nSPS) is 12.1. The number of rotatable bonds is 3. The number of H-pyrrole nitrogens is 1. The molecule has 0 saturated heterocycles. The smallest absolute Gasteiger partial charge is 0.360 e. The van der Waals surface area contributed by atoms with E-state index in [-0.39, 0.29) is 27.6 Å². The van der Waals surface area contributed by atoms with E-state index in [1.54, 1.807) is 18.5 Å². The second kappa shape index (κ2) is 7.72. The van der Waals surface area contributed by atoms with Crippen LogP contribution in [0.15, 0.2) is 48.7 Å². The Hall–Kier alpha value is -4.08. The van der Waals surface area contributed by atoms with Gasteiger partial charge in [-0.2, -0.15) is 13.2 Å². The third kappa shape index (κ3) is 3.56. The van der Waals surface area contributed by atoms with Gasteiger partial charge in [-0.1, -0.05) is 18.2 Å². The van der Waals surface area contributed by atoms with Crippen LogP contribution in [0.3, 0.4) is 0 Å². The molecule has 5 aromatic rings. The molecule has 2 heterocycles. The van der Waals surface area contributed by atoms with Crippen molar-refractivity contribution in [3.8, 4) is 11.1 Å². The molecule has 1 N–H and O–H groups in total. The monoisotopic (exact) mass is 487 g/mol. The summed E-state index contributed by atoms with van der Waals surface area (Å²) >= 11 is 0. The van der Waals surface area contributed by atoms with Crippen molar-refractivity contribution < 1.29 is 31.1 Å². The minimum atomic E-state index is -4.68. The number of fused-ring (bicyclic) bond motifs is 2. The topological polar surface area (TPSA) is 50.7 Å². The van der Waals surface area contributed by atoms with Gasteiger partial charge >= 0.3 is 6.18 Å².